The quantitative estimate of drug-likeness (QED) is 0.542. The monoisotopic (exact) mass is 529 g/mol. The zero-order chi connectivity index (χ0) is 26.4. The Balaban J connectivity index is 1.70. The smallest absolute Gasteiger partial charge is 0.281 e. The lowest BCUT2D eigenvalue weighted by Gasteiger charge is -2.26. The molecule has 1 aromatic carbocycles. The highest BCUT2D eigenvalue weighted by atomic mass is 32.2. The molecule has 36 heavy (non-hydrogen) atoms. The van der Waals surface area contributed by atoms with Crippen molar-refractivity contribution in [2.75, 3.05) is 26.0 Å². The van der Waals surface area contributed by atoms with Gasteiger partial charge in [0, 0.05) is 43.7 Å². The topological polar surface area (TPSA) is 122 Å². The summed E-state index contributed by atoms with van der Waals surface area (Å²) in [5.41, 5.74) is 2.79. The first-order chi connectivity index (χ1) is 16.9. The minimum atomic E-state index is -3.63. The molecule has 1 N–H and O–H groups in total. The van der Waals surface area contributed by atoms with E-state index < -0.39 is 15.9 Å². The molecule has 4 rings (SSSR count). The second-order valence-corrected chi connectivity index (χ2v) is 12.1. The summed E-state index contributed by atoms with van der Waals surface area (Å²) in [5, 5.41) is 7.53. The largest absolute Gasteiger partial charge is 0.337 e. The maximum absolute atomic E-state index is 13.6. The Morgan fingerprint density at radius 2 is 1.78 bits per heavy atom. The summed E-state index contributed by atoms with van der Waals surface area (Å²) in [6.45, 7) is 5.93. The zero-order valence-corrected chi connectivity index (χ0v) is 22.3. The minimum Gasteiger partial charge on any atom is -0.337 e. The predicted octanol–water partition coefficient (Wildman–Crippen LogP) is 2.66. The number of benzene rings is 1. The van der Waals surface area contributed by atoms with E-state index in [0.717, 1.165) is 14.7 Å². The van der Waals surface area contributed by atoms with Gasteiger partial charge in [0.2, 0.25) is 15.9 Å². The SMILES string of the molecule is CC(=O)N1CCc2c(sc(NC(=O)c3ccc(S(=O)(=O)N(C)C)cc3)c2C(=O)n2nc(C)cc2C)C1. The molecule has 0 fully saturated rings. The van der Waals surface area contributed by atoms with E-state index in [4.69, 9.17) is 0 Å². The maximum atomic E-state index is 13.6. The van der Waals surface area contributed by atoms with E-state index in [2.05, 4.69) is 10.4 Å². The number of fused-ring (bicyclic) bond motifs is 1. The number of amides is 2. The highest BCUT2D eigenvalue weighted by Crippen LogP contribution is 2.38. The third-order valence-electron chi connectivity index (χ3n) is 6.04. The standard InChI is InChI=1S/C24H27N5O5S2/c1-14-12-15(2)29(26-14)24(32)21-19-10-11-28(16(3)30)13-20(19)35-23(21)25-22(31)17-6-8-18(9-7-17)36(33,34)27(4)5/h6-9,12H,10-11,13H2,1-5H3,(H,25,31). The number of aromatic nitrogens is 2. The van der Waals surface area contributed by atoms with E-state index in [-0.39, 0.29) is 22.3 Å². The highest BCUT2D eigenvalue weighted by molar-refractivity contribution is 7.89. The van der Waals surface area contributed by atoms with Crippen molar-refractivity contribution in [3.05, 3.63) is 63.3 Å². The molecule has 190 valence electrons. The van der Waals surface area contributed by atoms with Gasteiger partial charge >= 0.3 is 0 Å². The summed E-state index contributed by atoms with van der Waals surface area (Å²) in [6.07, 6.45) is 0.485. The lowest BCUT2D eigenvalue weighted by atomic mass is 10.0. The van der Waals surface area contributed by atoms with Crippen LogP contribution in [-0.4, -0.2) is 65.8 Å². The second kappa shape index (κ2) is 9.60. The van der Waals surface area contributed by atoms with Gasteiger partial charge in [-0.05, 0) is 56.2 Å². The number of carbonyl (C=O) groups is 3. The average molecular weight is 530 g/mol. The van der Waals surface area contributed by atoms with Crippen LogP contribution in [0.3, 0.4) is 0 Å². The fraction of sp³-hybridized carbons (Fsp3) is 0.333. The molecule has 12 heteroatoms. The summed E-state index contributed by atoms with van der Waals surface area (Å²) >= 11 is 1.26. The molecule has 1 aliphatic heterocycles. The minimum absolute atomic E-state index is 0.0566. The fourth-order valence-electron chi connectivity index (χ4n) is 4.09. The zero-order valence-electron chi connectivity index (χ0n) is 20.7. The Kier molecular flexibility index (Phi) is 6.86. The number of hydrogen-bond acceptors (Lipinski definition) is 7. The van der Waals surface area contributed by atoms with Gasteiger partial charge in [-0.2, -0.15) is 5.10 Å². The van der Waals surface area contributed by atoms with Gasteiger partial charge in [0.25, 0.3) is 11.8 Å². The lowest BCUT2D eigenvalue weighted by molar-refractivity contribution is -0.129. The van der Waals surface area contributed by atoms with Crippen molar-refractivity contribution in [2.45, 2.75) is 38.6 Å². The van der Waals surface area contributed by atoms with Crippen LogP contribution in [0.4, 0.5) is 5.00 Å². The van der Waals surface area contributed by atoms with Crippen molar-refractivity contribution >= 4 is 44.1 Å². The van der Waals surface area contributed by atoms with Gasteiger partial charge in [0.15, 0.2) is 0 Å². The van der Waals surface area contributed by atoms with Gasteiger partial charge in [0.05, 0.1) is 22.7 Å². The van der Waals surface area contributed by atoms with Gasteiger partial charge in [-0.15, -0.1) is 11.3 Å². The number of hydrogen-bond donors (Lipinski definition) is 1. The summed E-state index contributed by atoms with van der Waals surface area (Å²) in [6, 6.07) is 7.40. The van der Waals surface area contributed by atoms with Gasteiger partial charge < -0.3 is 10.2 Å². The van der Waals surface area contributed by atoms with E-state index in [1.54, 1.807) is 24.8 Å². The predicted molar refractivity (Wildman–Crippen MR) is 136 cm³/mol. The van der Waals surface area contributed by atoms with Crippen LogP contribution >= 0.6 is 11.3 Å². The average Bonchev–Trinajstić information content (AvgIpc) is 3.36. The maximum Gasteiger partial charge on any atom is 0.281 e. The molecule has 10 nitrogen and oxygen atoms in total. The Hall–Kier alpha value is -3.35. The number of anilines is 1. The van der Waals surface area contributed by atoms with Crippen molar-refractivity contribution in [1.29, 1.82) is 0 Å². The van der Waals surface area contributed by atoms with Gasteiger partial charge in [0.1, 0.15) is 5.00 Å². The summed E-state index contributed by atoms with van der Waals surface area (Å²) in [4.78, 5) is 41.3. The van der Waals surface area contributed by atoms with Crippen LogP contribution in [0.25, 0.3) is 0 Å². The summed E-state index contributed by atoms with van der Waals surface area (Å²) < 4.78 is 27.1. The number of carbonyl (C=O) groups excluding carboxylic acids is 3. The van der Waals surface area contributed by atoms with E-state index in [0.29, 0.717) is 41.5 Å². The van der Waals surface area contributed by atoms with Crippen LogP contribution in [0, 0.1) is 13.8 Å². The molecule has 0 spiro atoms. The molecule has 0 saturated carbocycles. The number of thiophene rings is 1. The first-order valence-corrected chi connectivity index (χ1v) is 13.5. The summed E-state index contributed by atoms with van der Waals surface area (Å²) in [7, 11) is -0.759. The van der Waals surface area contributed by atoms with E-state index in [1.165, 1.54) is 61.3 Å². The van der Waals surface area contributed by atoms with E-state index in [1.807, 2.05) is 0 Å². The Labute approximate surface area is 213 Å². The molecule has 3 aromatic rings. The second-order valence-electron chi connectivity index (χ2n) is 8.81. The van der Waals surface area contributed by atoms with Crippen molar-refractivity contribution < 1.29 is 22.8 Å². The molecule has 0 aliphatic carbocycles. The first-order valence-electron chi connectivity index (χ1n) is 11.2. The molecule has 0 saturated heterocycles. The Bertz CT molecular complexity index is 1470. The molecule has 0 unspecified atom stereocenters. The Morgan fingerprint density at radius 1 is 1.11 bits per heavy atom. The van der Waals surface area contributed by atoms with E-state index in [9.17, 15) is 22.8 Å². The van der Waals surface area contributed by atoms with E-state index >= 15 is 0 Å². The normalized spacial score (nSPS) is 13.6. The van der Waals surface area contributed by atoms with Gasteiger partial charge in [-0.1, -0.05) is 0 Å². The van der Waals surface area contributed by atoms with Crippen molar-refractivity contribution in [1.82, 2.24) is 19.0 Å². The van der Waals surface area contributed by atoms with Gasteiger partial charge in [-0.3, -0.25) is 14.4 Å². The number of nitrogens with one attached hydrogen (secondary N) is 1. The molecular weight excluding hydrogens is 502 g/mol. The summed E-state index contributed by atoms with van der Waals surface area (Å²) in [5.74, 6) is -0.885. The van der Waals surface area contributed by atoms with Gasteiger partial charge in [-0.25, -0.2) is 17.4 Å². The molecule has 0 radical (unpaired) electrons. The lowest BCUT2D eigenvalue weighted by Crippen LogP contribution is -2.34. The third-order valence-corrected chi connectivity index (χ3v) is 9.00. The highest BCUT2D eigenvalue weighted by Gasteiger charge is 2.31. The van der Waals surface area contributed by atoms with Crippen molar-refractivity contribution in [3.63, 3.8) is 0 Å². The van der Waals surface area contributed by atoms with Crippen molar-refractivity contribution in [3.8, 4) is 0 Å². The molecule has 3 heterocycles. The molecule has 2 amide bonds. The van der Waals surface area contributed by atoms with Crippen LogP contribution < -0.4 is 5.32 Å². The van der Waals surface area contributed by atoms with Crippen LogP contribution in [0.1, 0.15) is 49.5 Å². The van der Waals surface area contributed by atoms with Crippen LogP contribution in [0.5, 0.6) is 0 Å². The van der Waals surface area contributed by atoms with Crippen LogP contribution in [-0.2, 0) is 27.8 Å². The first kappa shape index (κ1) is 25.7. The third kappa shape index (κ3) is 4.71. The van der Waals surface area contributed by atoms with Crippen LogP contribution in [0.15, 0.2) is 35.2 Å². The molecular formula is C24H27N5O5S2. The number of rotatable bonds is 5. The molecule has 1 aliphatic rings. The Morgan fingerprint density at radius 3 is 2.33 bits per heavy atom. The number of sulfonamides is 1. The van der Waals surface area contributed by atoms with Crippen molar-refractivity contribution in [2.24, 2.45) is 0 Å². The fourth-order valence-corrected chi connectivity index (χ4v) is 6.24. The molecule has 0 atom stereocenters. The number of aryl methyl sites for hydroxylation is 2. The number of nitrogens with zero attached hydrogens (tertiary/aromatic N) is 4. The van der Waals surface area contributed by atoms with Crippen LogP contribution in [0.2, 0.25) is 0 Å². The molecule has 0 bridgehead atoms. The molecule has 2 aromatic heterocycles.